The Morgan fingerprint density at radius 2 is 2.05 bits per heavy atom. The second-order valence-electron chi connectivity index (χ2n) is 5.38. The van der Waals surface area contributed by atoms with Crippen molar-refractivity contribution in [3.05, 3.63) is 11.3 Å². The van der Waals surface area contributed by atoms with Gasteiger partial charge in [-0.05, 0) is 44.4 Å². The Hall–Kier alpha value is -2.03. The molecule has 0 radical (unpaired) electrons. The maximum atomic E-state index is 11.9. The number of nitriles is 1. The van der Waals surface area contributed by atoms with Crippen LogP contribution in [0.1, 0.15) is 32.6 Å². The number of nitrogens with one attached hydrogen (secondary N) is 1. The van der Waals surface area contributed by atoms with Crippen LogP contribution in [0.3, 0.4) is 0 Å². The number of nitrogens with zero attached hydrogens (tertiary/aromatic N) is 1. The van der Waals surface area contributed by atoms with Crippen molar-refractivity contribution >= 4 is 11.9 Å². The van der Waals surface area contributed by atoms with Gasteiger partial charge in [0.25, 0.3) is 5.91 Å². The van der Waals surface area contributed by atoms with Crippen LogP contribution in [0, 0.1) is 23.2 Å². The lowest BCUT2D eigenvalue weighted by Crippen LogP contribution is -2.58. The summed E-state index contributed by atoms with van der Waals surface area (Å²) in [7, 11) is 0. The normalized spacial score (nSPS) is 33.5. The van der Waals surface area contributed by atoms with Gasteiger partial charge in [-0.2, -0.15) is 5.26 Å². The van der Waals surface area contributed by atoms with Crippen LogP contribution in [0.25, 0.3) is 0 Å². The van der Waals surface area contributed by atoms with Gasteiger partial charge >= 0.3 is 5.97 Å². The summed E-state index contributed by atoms with van der Waals surface area (Å²) < 4.78 is 0. The number of carbonyl (C=O) groups is 2. The molecule has 0 aromatic carbocycles. The number of carboxylic acid groups (broad SMARTS) is 1. The molecule has 1 amide bonds. The molecule has 2 aliphatic carbocycles. The fraction of sp³-hybridized carbons (Fsp3) is 0.615. The molecule has 102 valence electrons. The summed E-state index contributed by atoms with van der Waals surface area (Å²) in [6, 6.07) is 1.60. The molecule has 2 rings (SSSR count). The van der Waals surface area contributed by atoms with Crippen molar-refractivity contribution in [1.82, 2.24) is 5.32 Å². The van der Waals surface area contributed by atoms with Crippen LogP contribution in [-0.4, -0.2) is 27.6 Å². The highest BCUT2D eigenvalue weighted by molar-refractivity contribution is 6.00. The molecule has 0 spiro atoms. The van der Waals surface area contributed by atoms with Crippen LogP contribution in [0.5, 0.6) is 0 Å². The number of hydrogen-bond donors (Lipinski definition) is 3. The number of carboxylic acids is 1. The van der Waals surface area contributed by atoms with E-state index in [0.717, 1.165) is 19.3 Å². The topological polar surface area (TPSA) is 110 Å². The van der Waals surface area contributed by atoms with E-state index in [0.29, 0.717) is 12.3 Å². The van der Waals surface area contributed by atoms with Crippen LogP contribution in [-0.2, 0) is 9.59 Å². The predicted molar refractivity (Wildman–Crippen MR) is 64.9 cm³/mol. The van der Waals surface area contributed by atoms with Crippen molar-refractivity contribution in [3.8, 4) is 6.07 Å². The average molecular weight is 264 g/mol. The van der Waals surface area contributed by atoms with Crippen LogP contribution < -0.4 is 5.32 Å². The number of hydrogen-bond acceptors (Lipinski definition) is 4. The number of aliphatic hydroxyl groups excluding tert-OH is 1. The molecule has 6 nitrogen and oxygen atoms in total. The summed E-state index contributed by atoms with van der Waals surface area (Å²) in [5.74, 6) is -2.02. The van der Waals surface area contributed by atoms with Gasteiger partial charge in [0.05, 0.1) is 0 Å². The van der Waals surface area contributed by atoms with Gasteiger partial charge in [0.15, 0.2) is 5.57 Å². The van der Waals surface area contributed by atoms with Crippen molar-refractivity contribution in [2.45, 2.75) is 38.1 Å². The first-order chi connectivity index (χ1) is 8.90. The minimum Gasteiger partial charge on any atom is -0.511 e. The summed E-state index contributed by atoms with van der Waals surface area (Å²) in [6.45, 7) is 1.23. The average Bonchev–Trinajstić information content (AvgIpc) is 2.89. The highest BCUT2D eigenvalue weighted by Crippen LogP contribution is 2.51. The highest BCUT2D eigenvalue weighted by Gasteiger charge is 2.57. The van der Waals surface area contributed by atoms with Gasteiger partial charge in [0.1, 0.15) is 17.4 Å². The zero-order chi connectivity index (χ0) is 14.2. The maximum absolute atomic E-state index is 11.9. The molecule has 0 aromatic heterocycles. The van der Waals surface area contributed by atoms with Crippen molar-refractivity contribution in [3.63, 3.8) is 0 Å². The molecule has 6 heteroatoms. The Morgan fingerprint density at radius 3 is 2.42 bits per heavy atom. The second-order valence-corrected chi connectivity index (χ2v) is 5.38. The van der Waals surface area contributed by atoms with E-state index in [1.54, 1.807) is 6.07 Å². The van der Waals surface area contributed by atoms with Crippen LogP contribution in [0.2, 0.25) is 0 Å². The van der Waals surface area contributed by atoms with Crippen LogP contribution in [0.15, 0.2) is 11.3 Å². The molecule has 2 aliphatic rings. The van der Waals surface area contributed by atoms with E-state index in [9.17, 15) is 19.8 Å². The molecule has 19 heavy (non-hydrogen) atoms. The Labute approximate surface area is 110 Å². The summed E-state index contributed by atoms with van der Waals surface area (Å²) in [4.78, 5) is 23.5. The summed E-state index contributed by atoms with van der Waals surface area (Å²) in [5, 5.41) is 30.0. The first-order valence-electron chi connectivity index (χ1n) is 6.26. The highest BCUT2D eigenvalue weighted by atomic mass is 16.4. The molecule has 3 atom stereocenters. The lowest BCUT2D eigenvalue weighted by molar-refractivity contribution is -0.149. The van der Waals surface area contributed by atoms with Crippen molar-refractivity contribution in [2.24, 2.45) is 11.8 Å². The van der Waals surface area contributed by atoms with E-state index in [-0.39, 0.29) is 5.92 Å². The number of aliphatic carboxylic acids is 1. The summed E-state index contributed by atoms with van der Waals surface area (Å²) in [5.41, 5.74) is -1.71. The molecule has 0 aliphatic heterocycles. The van der Waals surface area contributed by atoms with Gasteiger partial charge in [0.2, 0.25) is 0 Å². The Kier molecular flexibility index (Phi) is 3.23. The number of allylic oxidation sites excluding steroid dienone is 1. The van der Waals surface area contributed by atoms with E-state index in [4.69, 9.17) is 5.26 Å². The SMILES string of the molecule is C/C(O)=C(/C#N)C(=O)NC1(C(=O)O)CC2CCC1C2. The third-order valence-electron chi connectivity index (χ3n) is 4.27. The third-order valence-corrected chi connectivity index (χ3v) is 4.27. The monoisotopic (exact) mass is 264 g/mol. The first kappa shape index (κ1) is 13.4. The van der Waals surface area contributed by atoms with E-state index in [1.807, 2.05) is 0 Å². The van der Waals surface area contributed by atoms with Crippen LogP contribution >= 0.6 is 0 Å². The van der Waals surface area contributed by atoms with Crippen molar-refractivity contribution < 1.29 is 19.8 Å². The zero-order valence-corrected chi connectivity index (χ0v) is 10.6. The lowest BCUT2D eigenvalue weighted by atomic mass is 9.80. The minimum absolute atomic E-state index is 0.0853. The molecular weight excluding hydrogens is 248 g/mol. The fourth-order valence-corrected chi connectivity index (χ4v) is 3.36. The molecule has 0 aromatic rings. The standard InChI is InChI=1S/C13H16N2O4/c1-7(16)10(6-14)11(17)15-13(12(18)19)5-8-2-3-9(13)4-8/h8-9,16H,2-5H2,1H3,(H,15,17)(H,18,19)/b10-7+. The number of amides is 1. The van der Waals surface area contributed by atoms with E-state index in [2.05, 4.69) is 5.32 Å². The molecule has 2 saturated carbocycles. The third kappa shape index (κ3) is 2.05. The molecule has 3 N–H and O–H groups in total. The predicted octanol–water partition coefficient (Wildman–Crippen LogP) is 1.10. The fourth-order valence-electron chi connectivity index (χ4n) is 3.36. The number of carbonyl (C=O) groups excluding carboxylic acids is 1. The van der Waals surface area contributed by atoms with E-state index < -0.39 is 28.7 Å². The summed E-state index contributed by atoms with van der Waals surface area (Å²) >= 11 is 0. The smallest absolute Gasteiger partial charge is 0.329 e. The van der Waals surface area contributed by atoms with Gasteiger partial charge in [-0.15, -0.1) is 0 Å². The van der Waals surface area contributed by atoms with Gasteiger partial charge < -0.3 is 15.5 Å². The largest absolute Gasteiger partial charge is 0.511 e. The molecule has 2 fully saturated rings. The Bertz CT molecular complexity index is 501. The van der Waals surface area contributed by atoms with Gasteiger partial charge in [-0.1, -0.05) is 0 Å². The van der Waals surface area contributed by atoms with E-state index in [1.165, 1.54) is 6.92 Å². The maximum Gasteiger partial charge on any atom is 0.329 e. The van der Waals surface area contributed by atoms with Crippen LogP contribution in [0.4, 0.5) is 0 Å². The minimum atomic E-state index is -1.28. The molecule has 0 saturated heterocycles. The van der Waals surface area contributed by atoms with Crippen molar-refractivity contribution in [2.75, 3.05) is 0 Å². The Morgan fingerprint density at radius 1 is 1.37 bits per heavy atom. The van der Waals surface area contributed by atoms with Gasteiger partial charge in [-0.3, -0.25) is 4.79 Å². The summed E-state index contributed by atoms with van der Waals surface area (Å²) in [6.07, 6.45) is 2.98. The number of fused-ring (bicyclic) bond motifs is 2. The number of aliphatic hydroxyl groups is 1. The van der Waals surface area contributed by atoms with Crippen molar-refractivity contribution in [1.29, 1.82) is 5.26 Å². The Balaban J connectivity index is 2.25. The number of rotatable bonds is 3. The van der Waals surface area contributed by atoms with Gasteiger partial charge in [0, 0.05) is 0 Å². The van der Waals surface area contributed by atoms with E-state index >= 15 is 0 Å². The zero-order valence-electron chi connectivity index (χ0n) is 10.6. The van der Waals surface area contributed by atoms with Gasteiger partial charge in [-0.25, -0.2) is 4.79 Å². The second kappa shape index (κ2) is 4.57. The quantitative estimate of drug-likeness (QED) is 0.401. The molecular formula is C13H16N2O4. The molecule has 0 heterocycles. The molecule has 3 unspecified atom stereocenters. The first-order valence-corrected chi connectivity index (χ1v) is 6.26. The lowest BCUT2D eigenvalue weighted by Gasteiger charge is -2.34. The molecule has 2 bridgehead atoms.